The Labute approximate surface area is 221 Å². The van der Waals surface area contributed by atoms with Crippen LogP contribution < -0.4 is 19.3 Å². The van der Waals surface area contributed by atoms with E-state index in [2.05, 4.69) is 0 Å². The van der Waals surface area contributed by atoms with E-state index < -0.39 is 35.0 Å². The highest BCUT2D eigenvalue weighted by Crippen LogP contribution is 2.66. The van der Waals surface area contributed by atoms with Crippen molar-refractivity contribution in [2.45, 2.75) is 27.7 Å². The number of nitrogens with zero attached hydrogens (tertiary/aromatic N) is 2. The SMILES string of the molecule is CCOc1ccccc1N1C(=O)[C@@H]2[C@@H](C1=O)C1C(C)=CC2(C)[C@@H]2C(=O)N(c3ccccc3OCC)C(=O)[C@@H]12. The molecule has 0 unspecified atom stereocenters. The van der Waals surface area contributed by atoms with Gasteiger partial charge in [-0.25, -0.2) is 9.80 Å². The summed E-state index contributed by atoms with van der Waals surface area (Å²) in [5.41, 5.74) is 0.666. The van der Waals surface area contributed by atoms with Crippen molar-refractivity contribution in [1.82, 2.24) is 0 Å². The largest absolute Gasteiger partial charge is 0.492 e. The van der Waals surface area contributed by atoms with Crippen molar-refractivity contribution in [3.63, 3.8) is 0 Å². The maximum absolute atomic E-state index is 14.1. The summed E-state index contributed by atoms with van der Waals surface area (Å²) in [5.74, 6) is -4.01. The number of imide groups is 2. The van der Waals surface area contributed by atoms with Gasteiger partial charge in [0.1, 0.15) is 11.5 Å². The van der Waals surface area contributed by atoms with Crippen LogP contribution in [0.25, 0.3) is 0 Å². The van der Waals surface area contributed by atoms with Gasteiger partial charge in [-0.05, 0) is 45.0 Å². The molecular formula is C30H30N2O6. The zero-order valence-corrected chi connectivity index (χ0v) is 21.8. The molecule has 196 valence electrons. The first-order valence-electron chi connectivity index (χ1n) is 13.1. The van der Waals surface area contributed by atoms with Gasteiger partial charge in [0.15, 0.2) is 0 Å². The zero-order chi connectivity index (χ0) is 26.9. The van der Waals surface area contributed by atoms with Crippen molar-refractivity contribution in [1.29, 1.82) is 0 Å². The number of amides is 4. The molecule has 2 aromatic rings. The third-order valence-corrected chi connectivity index (χ3v) is 8.69. The van der Waals surface area contributed by atoms with E-state index in [1.807, 2.05) is 33.8 Å². The Hall–Kier alpha value is -3.94. The topological polar surface area (TPSA) is 93.2 Å². The first kappa shape index (κ1) is 24.4. The van der Waals surface area contributed by atoms with E-state index in [0.717, 1.165) is 5.57 Å². The Morgan fingerprint density at radius 1 is 0.684 bits per heavy atom. The van der Waals surface area contributed by atoms with Gasteiger partial charge in [0, 0.05) is 11.3 Å². The average molecular weight is 515 g/mol. The molecule has 2 heterocycles. The highest BCUT2D eigenvalue weighted by Gasteiger charge is 2.74. The standard InChI is InChI=1S/C30H30N2O6/c1-5-37-19-13-9-7-11-17(19)31-26(33)22-21-16(3)15-30(4,24(22)28(31)35)25-23(21)27(34)32(29(25)36)18-12-8-10-14-20(18)38-6-2/h7-15,21-25H,5-6H2,1-4H3/t21?,22-,23-,24-,25-,30?/m0/s1. The lowest BCUT2D eigenvalue weighted by Gasteiger charge is -2.53. The van der Waals surface area contributed by atoms with Gasteiger partial charge in [-0.2, -0.15) is 0 Å². The summed E-state index contributed by atoms with van der Waals surface area (Å²) in [4.78, 5) is 58.7. The Morgan fingerprint density at radius 3 is 1.53 bits per heavy atom. The fourth-order valence-electron chi connectivity index (χ4n) is 7.48. The van der Waals surface area contributed by atoms with Gasteiger partial charge in [0.05, 0.1) is 48.3 Å². The Balaban J connectivity index is 1.46. The molecule has 4 atom stereocenters. The van der Waals surface area contributed by atoms with E-state index in [1.165, 1.54) is 9.80 Å². The number of para-hydroxylation sites is 4. The third-order valence-electron chi connectivity index (χ3n) is 8.69. The number of allylic oxidation sites excluding steroid dienone is 2. The molecule has 3 fully saturated rings. The van der Waals surface area contributed by atoms with Gasteiger partial charge >= 0.3 is 0 Å². The normalized spacial score (nSPS) is 31.5. The highest BCUT2D eigenvalue weighted by atomic mass is 16.5. The van der Waals surface area contributed by atoms with E-state index in [9.17, 15) is 19.2 Å². The molecule has 2 aromatic carbocycles. The number of carbonyl (C=O) groups excluding carboxylic acids is 4. The van der Waals surface area contributed by atoms with Crippen LogP contribution in [0.2, 0.25) is 0 Å². The van der Waals surface area contributed by atoms with Crippen LogP contribution >= 0.6 is 0 Å². The van der Waals surface area contributed by atoms with Crippen molar-refractivity contribution in [3.05, 3.63) is 60.2 Å². The minimum absolute atomic E-state index is 0.345. The van der Waals surface area contributed by atoms with Crippen LogP contribution in [0.5, 0.6) is 11.5 Å². The maximum atomic E-state index is 14.1. The molecule has 7 rings (SSSR count). The monoisotopic (exact) mass is 514 g/mol. The fraction of sp³-hybridized carbons (Fsp3) is 0.400. The molecule has 3 aliphatic carbocycles. The minimum atomic E-state index is -1.00. The highest BCUT2D eigenvalue weighted by molar-refractivity contribution is 6.27. The average Bonchev–Trinajstić information content (AvgIpc) is 3.31. The zero-order valence-electron chi connectivity index (χ0n) is 21.8. The lowest BCUT2D eigenvalue weighted by atomic mass is 9.46. The molecule has 2 saturated heterocycles. The summed E-state index contributed by atoms with van der Waals surface area (Å²) in [6, 6.07) is 14.0. The Morgan fingerprint density at radius 2 is 1.11 bits per heavy atom. The Kier molecular flexibility index (Phi) is 5.49. The second-order valence-electron chi connectivity index (χ2n) is 10.6. The summed E-state index contributed by atoms with van der Waals surface area (Å²) in [5, 5.41) is 0. The van der Waals surface area contributed by atoms with E-state index in [1.54, 1.807) is 48.5 Å². The van der Waals surface area contributed by atoms with Crippen LogP contribution in [-0.2, 0) is 19.2 Å². The quantitative estimate of drug-likeness (QED) is 0.428. The predicted octanol–water partition coefficient (Wildman–Crippen LogP) is 3.99. The number of benzene rings is 2. The first-order chi connectivity index (χ1) is 18.3. The lowest BCUT2D eigenvalue weighted by molar-refractivity contribution is -0.146. The summed E-state index contributed by atoms with van der Waals surface area (Å²) >= 11 is 0. The maximum Gasteiger partial charge on any atom is 0.238 e. The second-order valence-corrected chi connectivity index (χ2v) is 10.6. The Bertz CT molecular complexity index is 1320. The van der Waals surface area contributed by atoms with Crippen molar-refractivity contribution >= 4 is 35.0 Å². The molecule has 4 amide bonds. The van der Waals surface area contributed by atoms with Crippen molar-refractivity contribution in [2.24, 2.45) is 35.0 Å². The van der Waals surface area contributed by atoms with Gasteiger partial charge in [-0.1, -0.05) is 42.8 Å². The van der Waals surface area contributed by atoms with Crippen molar-refractivity contribution < 1.29 is 28.7 Å². The molecule has 0 N–H and O–H groups in total. The molecule has 2 bridgehead atoms. The molecule has 8 nitrogen and oxygen atoms in total. The van der Waals surface area contributed by atoms with Crippen LogP contribution in [0.15, 0.2) is 60.2 Å². The van der Waals surface area contributed by atoms with Crippen LogP contribution in [0.3, 0.4) is 0 Å². The van der Waals surface area contributed by atoms with Gasteiger partial charge in [-0.3, -0.25) is 19.2 Å². The molecule has 38 heavy (non-hydrogen) atoms. The molecular weight excluding hydrogens is 484 g/mol. The summed E-state index contributed by atoms with van der Waals surface area (Å²) in [6.45, 7) is 8.20. The number of rotatable bonds is 6. The van der Waals surface area contributed by atoms with Gasteiger partial charge in [0.25, 0.3) is 0 Å². The molecule has 0 aromatic heterocycles. The number of carbonyl (C=O) groups is 4. The van der Waals surface area contributed by atoms with Crippen LogP contribution in [0, 0.1) is 35.0 Å². The first-order valence-corrected chi connectivity index (χ1v) is 13.1. The number of hydrogen-bond donors (Lipinski definition) is 0. The molecule has 0 spiro atoms. The summed E-state index contributed by atoms with van der Waals surface area (Å²) < 4.78 is 11.5. The van der Waals surface area contributed by atoms with Gasteiger partial charge < -0.3 is 9.47 Å². The molecule has 8 heteroatoms. The van der Waals surface area contributed by atoms with E-state index >= 15 is 0 Å². The molecule has 5 aliphatic rings. The van der Waals surface area contributed by atoms with E-state index in [4.69, 9.17) is 9.47 Å². The number of hydrogen-bond acceptors (Lipinski definition) is 6. The van der Waals surface area contributed by atoms with E-state index in [0.29, 0.717) is 36.1 Å². The molecule has 1 saturated carbocycles. The smallest absolute Gasteiger partial charge is 0.238 e. The minimum Gasteiger partial charge on any atom is -0.492 e. The fourth-order valence-corrected chi connectivity index (χ4v) is 7.48. The van der Waals surface area contributed by atoms with Crippen LogP contribution in [0.4, 0.5) is 11.4 Å². The summed E-state index contributed by atoms with van der Waals surface area (Å²) in [7, 11) is 0. The number of anilines is 2. The van der Waals surface area contributed by atoms with Crippen molar-refractivity contribution in [2.75, 3.05) is 23.0 Å². The molecule has 0 radical (unpaired) electrons. The second kappa shape index (κ2) is 8.55. The lowest BCUT2D eigenvalue weighted by Crippen LogP contribution is -2.57. The van der Waals surface area contributed by atoms with Crippen LogP contribution in [0.1, 0.15) is 27.7 Å². The van der Waals surface area contributed by atoms with Crippen LogP contribution in [-0.4, -0.2) is 36.8 Å². The van der Waals surface area contributed by atoms with Gasteiger partial charge in [-0.15, -0.1) is 0 Å². The van der Waals surface area contributed by atoms with Gasteiger partial charge in [0.2, 0.25) is 23.6 Å². The summed E-state index contributed by atoms with van der Waals surface area (Å²) in [6.07, 6.45) is 1.96. The van der Waals surface area contributed by atoms with Crippen molar-refractivity contribution in [3.8, 4) is 11.5 Å². The third kappa shape index (κ3) is 3.03. The number of ether oxygens (including phenoxy) is 2. The molecule has 2 aliphatic heterocycles. The predicted molar refractivity (Wildman–Crippen MR) is 140 cm³/mol. The van der Waals surface area contributed by atoms with E-state index in [-0.39, 0.29) is 23.6 Å².